The lowest BCUT2D eigenvalue weighted by Crippen LogP contribution is -2.40. The van der Waals surface area contributed by atoms with E-state index in [1.54, 1.807) is 24.3 Å². The molecule has 0 spiro atoms. The van der Waals surface area contributed by atoms with Crippen molar-refractivity contribution < 1.29 is 23.0 Å². The highest BCUT2D eigenvalue weighted by Crippen LogP contribution is 2.22. The van der Waals surface area contributed by atoms with Crippen LogP contribution < -0.4 is 4.74 Å². The SMILES string of the molecule is CN(C[C@@H](O)COc1ccc(S(=O)(=O)N2CCOCC2)cc1)C1CCCCC1. The van der Waals surface area contributed by atoms with Gasteiger partial charge in [0.15, 0.2) is 0 Å². The fourth-order valence-electron chi connectivity index (χ4n) is 3.89. The minimum atomic E-state index is -3.50. The molecule has 1 saturated carbocycles. The van der Waals surface area contributed by atoms with Crippen molar-refractivity contribution in [3.8, 4) is 5.75 Å². The molecule has 1 aliphatic heterocycles. The van der Waals surface area contributed by atoms with Crippen molar-refractivity contribution in [1.29, 1.82) is 0 Å². The number of benzene rings is 1. The van der Waals surface area contributed by atoms with Crippen LogP contribution in [0.1, 0.15) is 32.1 Å². The Balaban J connectivity index is 1.48. The van der Waals surface area contributed by atoms with Gasteiger partial charge in [0.25, 0.3) is 0 Å². The molecule has 8 heteroatoms. The smallest absolute Gasteiger partial charge is 0.243 e. The van der Waals surface area contributed by atoms with Gasteiger partial charge < -0.3 is 19.5 Å². The quantitative estimate of drug-likeness (QED) is 0.700. The molecule has 1 aromatic rings. The first kappa shape index (κ1) is 21.5. The van der Waals surface area contributed by atoms with E-state index in [0.717, 1.165) is 0 Å². The van der Waals surface area contributed by atoms with Crippen molar-refractivity contribution in [3.05, 3.63) is 24.3 Å². The van der Waals surface area contributed by atoms with Gasteiger partial charge in [0.2, 0.25) is 10.0 Å². The van der Waals surface area contributed by atoms with Gasteiger partial charge in [0.1, 0.15) is 18.5 Å². The molecule has 3 rings (SSSR count). The molecule has 0 unspecified atom stereocenters. The van der Waals surface area contributed by atoms with Crippen molar-refractivity contribution in [2.24, 2.45) is 0 Å². The van der Waals surface area contributed by atoms with Crippen LogP contribution in [0.4, 0.5) is 0 Å². The van der Waals surface area contributed by atoms with Crippen LogP contribution in [0.5, 0.6) is 5.75 Å². The predicted octanol–water partition coefficient (Wildman–Crippen LogP) is 1.71. The first-order valence-electron chi connectivity index (χ1n) is 10.2. The van der Waals surface area contributed by atoms with Crippen LogP contribution in [-0.4, -0.2) is 81.4 Å². The Morgan fingerprint density at radius 3 is 2.46 bits per heavy atom. The molecule has 0 bridgehead atoms. The molecule has 158 valence electrons. The molecule has 0 amide bonds. The monoisotopic (exact) mass is 412 g/mol. The van der Waals surface area contributed by atoms with Gasteiger partial charge in [-0.05, 0) is 44.2 Å². The summed E-state index contributed by atoms with van der Waals surface area (Å²) in [6, 6.07) is 6.95. The van der Waals surface area contributed by atoms with Crippen molar-refractivity contribution in [2.75, 3.05) is 46.5 Å². The third kappa shape index (κ3) is 5.67. The fraction of sp³-hybridized carbons (Fsp3) is 0.700. The summed E-state index contributed by atoms with van der Waals surface area (Å²) >= 11 is 0. The number of nitrogens with zero attached hydrogens (tertiary/aromatic N) is 2. The van der Waals surface area contributed by atoms with Crippen LogP contribution in [0.3, 0.4) is 0 Å². The maximum absolute atomic E-state index is 12.6. The second-order valence-corrected chi connectivity index (χ2v) is 9.62. The zero-order chi connectivity index (χ0) is 20.0. The minimum absolute atomic E-state index is 0.187. The van der Waals surface area contributed by atoms with Crippen LogP contribution in [0.15, 0.2) is 29.2 Å². The van der Waals surface area contributed by atoms with Gasteiger partial charge in [-0.25, -0.2) is 8.42 Å². The van der Waals surface area contributed by atoms with Gasteiger partial charge in [-0.2, -0.15) is 4.31 Å². The van der Waals surface area contributed by atoms with Crippen molar-refractivity contribution >= 4 is 10.0 Å². The lowest BCUT2D eigenvalue weighted by atomic mass is 9.94. The number of ether oxygens (including phenoxy) is 2. The van der Waals surface area contributed by atoms with Gasteiger partial charge in [-0.1, -0.05) is 19.3 Å². The third-order valence-corrected chi connectivity index (χ3v) is 7.48. The van der Waals surface area contributed by atoms with Crippen LogP contribution in [-0.2, 0) is 14.8 Å². The number of aliphatic hydroxyl groups excluding tert-OH is 1. The minimum Gasteiger partial charge on any atom is -0.491 e. The number of hydrogen-bond acceptors (Lipinski definition) is 6. The van der Waals surface area contributed by atoms with Crippen molar-refractivity contribution in [2.45, 2.75) is 49.1 Å². The van der Waals surface area contributed by atoms with Gasteiger partial charge >= 0.3 is 0 Å². The van der Waals surface area contributed by atoms with Gasteiger partial charge in [0.05, 0.1) is 18.1 Å². The topological polar surface area (TPSA) is 79.3 Å². The molecular weight excluding hydrogens is 380 g/mol. The number of morpholine rings is 1. The van der Waals surface area contributed by atoms with E-state index in [9.17, 15) is 13.5 Å². The fourth-order valence-corrected chi connectivity index (χ4v) is 5.30. The predicted molar refractivity (Wildman–Crippen MR) is 107 cm³/mol. The highest BCUT2D eigenvalue weighted by atomic mass is 32.2. The summed E-state index contributed by atoms with van der Waals surface area (Å²) in [7, 11) is -1.44. The Bertz CT molecular complexity index is 698. The Hall–Kier alpha value is -1.19. The normalized spacial score (nSPS) is 21.0. The summed E-state index contributed by atoms with van der Waals surface area (Å²) in [6.45, 7) is 2.37. The first-order valence-corrected chi connectivity index (χ1v) is 11.6. The third-order valence-electron chi connectivity index (χ3n) is 5.57. The van der Waals surface area contributed by atoms with Gasteiger partial charge in [-0.15, -0.1) is 0 Å². The number of rotatable bonds is 8. The molecule has 1 N–H and O–H groups in total. The molecule has 1 saturated heterocycles. The van der Waals surface area contributed by atoms with Crippen LogP contribution >= 0.6 is 0 Å². The average Bonchev–Trinajstić information content (AvgIpc) is 2.74. The van der Waals surface area contributed by atoms with Gasteiger partial charge in [0, 0.05) is 25.7 Å². The average molecular weight is 413 g/mol. The summed E-state index contributed by atoms with van der Waals surface area (Å²) in [5.41, 5.74) is 0. The molecular formula is C20H32N2O5S. The van der Waals surface area contributed by atoms with E-state index in [2.05, 4.69) is 11.9 Å². The summed E-state index contributed by atoms with van der Waals surface area (Å²) in [4.78, 5) is 2.48. The summed E-state index contributed by atoms with van der Waals surface area (Å²) in [6.07, 6.45) is 5.66. The molecule has 1 heterocycles. The molecule has 7 nitrogen and oxygen atoms in total. The largest absolute Gasteiger partial charge is 0.491 e. The second kappa shape index (κ2) is 10.0. The summed E-state index contributed by atoms with van der Waals surface area (Å²) in [5.74, 6) is 0.556. The molecule has 28 heavy (non-hydrogen) atoms. The Morgan fingerprint density at radius 1 is 1.18 bits per heavy atom. The van der Waals surface area contributed by atoms with E-state index < -0.39 is 16.1 Å². The highest BCUT2D eigenvalue weighted by Gasteiger charge is 2.26. The molecule has 1 aromatic carbocycles. The van der Waals surface area contributed by atoms with E-state index in [1.165, 1.54) is 36.4 Å². The van der Waals surface area contributed by atoms with Crippen LogP contribution in [0.2, 0.25) is 0 Å². The Morgan fingerprint density at radius 2 is 1.82 bits per heavy atom. The number of aliphatic hydroxyl groups is 1. The summed E-state index contributed by atoms with van der Waals surface area (Å²) < 4.78 is 37.6. The lowest BCUT2D eigenvalue weighted by molar-refractivity contribution is 0.0561. The first-order chi connectivity index (χ1) is 13.5. The molecule has 2 aliphatic rings. The highest BCUT2D eigenvalue weighted by molar-refractivity contribution is 7.89. The molecule has 0 aromatic heterocycles. The maximum Gasteiger partial charge on any atom is 0.243 e. The molecule has 0 radical (unpaired) electrons. The maximum atomic E-state index is 12.6. The molecule has 1 atom stereocenters. The molecule has 1 aliphatic carbocycles. The number of likely N-dealkylation sites (N-methyl/N-ethyl adjacent to an activating group) is 1. The Kier molecular flexibility index (Phi) is 7.70. The van der Waals surface area contributed by atoms with Crippen molar-refractivity contribution in [3.63, 3.8) is 0 Å². The van der Waals surface area contributed by atoms with E-state index in [0.29, 0.717) is 44.6 Å². The van der Waals surface area contributed by atoms with E-state index in [4.69, 9.17) is 9.47 Å². The second-order valence-electron chi connectivity index (χ2n) is 7.68. The lowest BCUT2D eigenvalue weighted by Gasteiger charge is -2.32. The van der Waals surface area contributed by atoms with Crippen molar-refractivity contribution in [1.82, 2.24) is 9.21 Å². The molecule has 2 fully saturated rings. The van der Waals surface area contributed by atoms with Crippen LogP contribution in [0.25, 0.3) is 0 Å². The number of hydrogen-bond donors (Lipinski definition) is 1. The van der Waals surface area contributed by atoms with E-state index >= 15 is 0 Å². The van der Waals surface area contributed by atoms with Gasteiger partial charge in [-0.3, -0.25) is 0 Å². The zero-order valence-electron chi connectivity index (χ0n) is 16.6. The van der Waals surface area contributed by atoms with Crippen LogP contribution in [0, 0.1) is 0 Å². The summed E-state index contributed by atoms with van der Waals surface area (Å²) in [5, 5.41) is 10.3. The standard InChI is InChI=1S/C20H32N2O5S/c1-21(17-5-3-2-4-6-17)15-18(23)16-27-19-7-9-20(10-8-19)28(24,25)22-11-13-26-14-12-22/h7-10,17-18,23H,2-6,11-16H2,1H3/t18-/m1/s1. The zero-order valence-corrected chi connectivity index (χ0v) is 17.4. The van der Waals surface area contributed by atoms with E-state index in [1.807, 2.05) is 0 Å². The van der Waals surface area contributed by atoms with E-state index in [-0.39, 0.29) is 11.5 Å². The Labute approximate surface area is 168 Å². The number of sulfonamides is 1.